The van der Waals surface area contributed by atoms with Crippen LogP contribution in [0.25, 0.3) is 0 Å². The first-order chi connectivity index (χ1) is 6.42. The molecule has 0 amide bonds. The number of halogens is 1. The molecule has 0 atom stereocenters. The van der Waals surface area contributed by atoms with Gasteiger partial charge in [-0.3, -0.25) is 4.79 Å². The maximum absolute atomic E-state index is 11.3. The number of carboxylic acid groups (broad SMARTS) is 1. The molecule has 1 N–H and O–H groups in total. The molecule has 0 radical (unpaired) electrons. The first kappa shape index (κ1) is 14.5. The first-order valence-electron chi connectivity index (χ1n) is 3.62. The second-order valence-electron chi connectivity index (χ2n) is 2.61. The fourth-order valence-electron chi connectivity index (χ4n) is 0.888. The Kier molecular flexibility index (Phi) is 5.32. The van der Waals surface area contributed by atoms with Crippen LogP contribution in [-0.4, -0.2) is 42.6 Å². The van der Waals surface area contributed by atoms with E-state index in [4.69, 9.17) is 16.7 Å². The highest BCUT2D eigenvalue weighted by Crippen LogP contribution is 2.15. The largest absolute Gasteiger partial charge is 0.480 e. The monoisotopic (exact) mass is 264 g/mol. The van der Waals surface area contributed by atoms with Gasteiger partial charge in [0.05, 0.1) is 4.90 Å². The molecule has 4 nitrogen and oxygen atoms in total. The first-order valence-corrected chi connectivity index (χ1v) is 5.65. The number of benzene rings is 1. The number of sulfone groups is 1. The highest BCUT2D eigenvalue weighted by molar-refractivity contribution is 7.92. The smallest absolute Gasteiger partial charge is 0.319 e. The molecule has 15 heavy (non-hydrogen) atoms. The van der Waals surface area contributed by atoms with E-state index in [1.807, 2.05) is 0 Å². The molecule has 1 aromatic carbocycles. The van der Waals surface area contributed by atoms with Crippen LogP contribution in [0.1, 0.15) is 0 Å². The maximum atomic E-state index is 11.3. The lowest BCUT2D eigenvalue weighted by Gasteiger charge is -2.00. The minimum absolute atomic E-state index is 0. The molecule has 0 fully saturated rings. The van der Waals surface area contributed by atoms with Crippen molar-refractivity contribution in [3.05, 3.63) is 29.3 Å². The van der Waals surface area contributed by atoms with Crippen LogP contribution in [0.3, 0.4) is 0 Å². The van der Waals surface area contributed by atoms with Crippen molar-refractivity contribution >= 4 is 44.8 Å². The van der Waals surface area contributed by atoms with Crippen molar-refractivity contribution in [2.24, 2.45) is 0 Å². The molecule has 0 aliphatic rings. The molecule has 1 aromatic rings. The predicted octanol–water partition coefficient (Wildman–Crippen LogP) is 0.0144. The zero-order valence-corrected chi connectivity index (χ0v) is 8.55. The SMILES string of the molecule is O=C(O)CS(=O)(=O)c1ccc(Cl)cc1.[AlH3]. The predicted molar refractivity (Wildman–Crippen MR) is 61.1 cm³/mol. The normalized spacial score (nSPS) is 10.5. The van der Waals surface area contributed by atoms with E-state index in [0.29, 0.717) is 5.02 Å². The molecule has 0 unspecified atom stereocenters. The Bertz CT molecular complexity index is 440. The van der Waals surface area contributed by atoms with E-state index in [-0.39, 0.29) is 22.3 Å². The molecule has 0 heterocycles. The van der Waals surface area contributed by atoms with Crippen LogP contribution in [0.2, 0.25) is 5.02 Å². The minimum Gasteiger partial charge on any atom is -0.480 e. The summed E-state index contributed by atoms with van der Waals surface area (Å²) in [4.78, 5) is 10.2. The summed E-state index contributed by atoms with van der Waals surface area (Å²) in [5.41, 5.74) is 0. The summed E-state index contributed by atoms with van der Waals surface area (Å²) in [6, 6.07) is 5.35. The van der Waals surface area contributed by atoms with Gasteiger partial charge in [-0.15, -0.1) is 0 Å². The molecule has 0 bridgehead atoms. The number of rotatable bonds is 3. The lowest BCUT2D eigenvalue weighted by atomic mass is 10.4. The Hall–Kier alpha value is -0.538. The topological polar surface area (TPSA) is 71.4 Å². The second-order valence-corrected chi connectivity index (χ2v) is 5.03. The number of carboxylic acids is 1. The Morgan fingerprint density at radius 2 is 1.73 bits per heavy atom. The number of hydrogen-bond donors (Lipinski definition) is 1. The Balaban J connectivity index is 0.00000196. The Morgan fingerprint density at radius 3 is 2.13 bits per heavy atom. The molecular weight excluding hydrogens is 255 g/mol. The van der Waals surface area contributed by atoms with Gasteiger partial charge in [-0.2, -0.15) is 0 Å². The molecule has 0 saturated heterocycles. The highest BCUT2D eigenvalue weighted by Gasteiger charge is 2.18. The molecule has 1 rings (SSSR count). The summed E-state index contributed by atoms with van der Waals surface area (Å²) >= 11 is 5.56. The second kappa shape index (κ2) is 5.52. The maximum Gasteiger partial charge on any atom is 0.319 e. The third-order valence-electron chi connectivity index (χ3n) is 1.49. The van der Waals surface area contributed by atoms with Crippen molar-refractivity contribution < 1.29 is 18.3 Å². The molecular formula is C8H10AlClO4S. The van der Waals surface area contributed by atoms with Crippen LogP contribution >= 0.6 is 11.6 Å². The number of carbonyl (C=O) groups is 1. The molecule has 0 spiro atoms. The van der Waals surface area contributed by atoms with Crippen LogP contribution in [-0.2, 0) is 14.6 Å². The molecule has 0 saturated carbocycles. The van der Waals surface area contributed by atoms with Crippen molar-refractivity contribution in [1.82, 2.24) is 0 Å². The lowest BCUT2D eigenvalue weighted by Crippen LogP contribution is -2.15. The third kappa shape index (κ3) is 4.22. The molecule has 0 aromatic heterocycles. The molecule has 82 valence electrons. The summed E-state index contributed by atoms with van der Waals surface area (Å²) in [5, 5.41) is 8.76. The third-order valence-corrected chi connectivity index (χ3v) is 3.36. The van der Waals surface area contributed by atoms with Crippen molar-refractivity contribution in [2.45, 2.75) is 4.90 Å². The van der Waals surface area contributed by atoms with E-state index in [1.54, 1.807) is 0 Å². The van der Waals surface area contributed by atoms with Crippen molar-refractivity contribution in [1.29, 1.82) is 0 Å². The fourth-order valence-corrected chi connectivity index (χ4v) is 2.06. The molecule has 0 aliphatic heterocycles. The van der Waals surface area contributed by atoms with E-state index in [1.165, 1.54) is 24.3 Å². The van der Waals surface area contributed by atoms with Gasteiger partial charge in [0.25, 0.3) is 0 Å². The van der Waals surface area contributed by atoms with Gasteiger partial charge < -0.3 is 5.11 Å². The van der Waals surface area contributed by atoms with Crippen molar-refractivity contribution in [2.75, 3.05) is 5.75 Å². The van der Waals surface area contributed by atoms with Gasteiger partial charge >= 0.3 is 5.97 Å². The minimum atomic E-state index is -3.73. The van der Waals surface area contributed by atoms with Crippen molar-refractivity contribution in [3.8, 4) is 0 Å². The van der Waals surface area contributed by atoms with Gasteiger partial charge in [0.1, 0.15) is 0 Å². The standard InChI is InChI=1S/C8H7ClO4S.Al.3H/c9-6-1-3-7(4-2-6)14(12,13)5-8(10)11;;;;/h1-4H,5H2,(H,10,11);;;;. The van der Waals surface area contributed by atoms with Gasteiger partial charge in [-0.1, -0.05) is 11.6 Å². The van der Waals surface area contributed by atoms with Gasteiger partial charge in [0, 0.05) is 5.02 Å². The fraction of sp³-hybridized carbons (Fsp3) is 0.125. The summed E-state index contributed by atoms with van der Waals surface area (Å²) < 4.78 is 22.7. The summed E-state index contributed by atoms with van der Waals surface area (Å²) in [6.07, 6.45) is 0. The zero-order valence-electron chi connectivity index (χ0n) is 6.97. The van der Waals surface area contributed by atoms with Gasteiger partial charge in [0.2, 0.25) is 0 Å². The van der Waals surface area contributed by atoms with Gasteiger partial charge in [0.15, 0.2) is 33.0 Å². The van der Waals surface area contributed by atoms with Crippen LogP contribution in [0.4, 0.5) is 0 Å². The number of hydrogen-bond acceptors (Lipinski definition) is 3. The van der Waals surface area contributed by atoms with Crippen LogP contribution in [0.15, 0.2) is 29.2 Å². The van der Waals surface area contributed by atoms with E-state index < -0.39 is 21.6 Å². The van der Waals surface area contributed by atoms with E-state index >= 15 is 0 Å². The molecule has 0 aliphatic carbocycles. The average molecular weight is 265 g/mol. The van der Waals surface area contributed by atoms with Crippen LogP contribution in [0.5, 0.6) is 0 Å². The van der Waals surface area contributed by atoms with Crippen molar-refractivity contribution in [3.63, 3.8) is 0 Å². The van der Waals surface area contributed by atoms with E-state index in [0.717, 1.165) is 0 Å². The summed E-state index contributed by atoms with van der Waals surface area (Å²) in [7, 11) is -3.73. The molecule has 7 heteroatoms. The highest BCUT2D eigenvalue weighted by atomic mass is 35.5. The zero-order chi connectivity index (χ0) is 10.8. The van der Waals surface area contributed by atoms with E-state index in [2.05, 4.69) is 0 Å². The van der Waals surface area contributed by atoms with Gasteiger partial charge in [-0.25, -0.2) is 8.42 Å². The van der Waals surface area contributed by atoms with Gasteiger partial charge in [-0.05, 0) is 24.3 Å². The number of aliphatic carboxylic acids is 1. The van der Waals surface area contributed by atoms with Crippen LogP contribution < -0.4 is 0 Å². The summed E-state index contributed by atoms with van der Waals surface area (Å²) in [6.45, 7) is 0. The Morgan fingerprint density at radius 1 is 1.27 bits per heavy atom. The van der Waals surface area contributed by atoms with E-state index in [9.17, 15) is 13.2 Å². The van der Waals surface area contributed by atoms with Crippen LogP contribution in [0, 0.1) is 0 Å². The lowest BCUT2D eigenvalue weighted by molar-refractivity contribution is -0.134. The quantitative estimate of drug-likeness (QED) is 0.781. The Labute approximate surface area is 103 Å². The average Bonchev–Trinajstić information content (AvgIpc) is 2.02. The summed E-state index contributed by atoms with van der Waals surface area (Å²) in [5.74, 6) is -2.28.